The van der Waals surface area contributed by atoms with E-state index in [4.69, 9.17) is 24.4 Å². The molecule has 2 aliphatic heterocycles. The van der Waals surface area contributed by atoms with Crippen LogP contribution in [0.3, 0.4) is 0 Å². The van der Waals surface area contributed by atoms with E-state index in [1.165, 1.54) is 0 Å². The van der Waals surface area contributed by atoms with Crippen molar-refractivity contribution < 1.29 is 55.1 Å². The fraction of sp³-hybridized carbons (Fsp3) is 1.00. The quantitative estimate of drug-likeness (QED) is 0.243. The van der Waals surface area contributed by atoms with E-state index in [1.807, 2.05) is 0 Å². The summed E-state index contributed by atoms with van der Waals surface area (Å²) in [5.41, 5.74) is 0. The Bertz CT molecular complexity index is 344. The van der Waals surface area contributed by atoms with Crippen LogP contribution >= 0.6 is 0 Å². The van der Waals surface area contributed by atoms with Gasteiger partial charge in [-0.15, -0.1) is 0 Å². The Hall–Kier alpha value is -0.440. The van der Waals surface area contributed by atoms with Crippen molar-refractivity contribution in [1.29, 1.82) is 0 Å². The molecule has 136 valence electrons. The number of hydrogen-bond acceptors (Lipinski definition) is 11. The van der Waals surface area contributed by atoms with Crippen molar-refractivity contribution in [2.45, 2.75) is 61.4 Å². The number of aliphatic hydroxyl groups excluding tert-OH is 8. The van der Waals surface area contributed by atoms with Gasteiger partial charge in [-0.05, 0) is 0 Å². The Morgan fingerprint density at radius 1 is 0.565 bits per heavy atom. The molecular formula is C12H22O11. The lowest BCUT2D eigenvalue weighted by molar-refractivity contribution is -0.376. The van der Waals surface area contributed by atoms with Gasteiger partial charge in [-0.25, -0.2) is 0 Å². The van der Waals surface area contributed by atoms with Crippen LogP contribution in [0.4, 0.5) is 0 Å². The Morgan fingerprint density at radius 2 is 0.913 bits per heavy atom. The minimum atomic E-state index is -1.72. The second-order valence-electron chi connectivity index (χ2n) is 5.53. The zero-order valence-corrected chi connectivity index (χ0v) is 12.0. The Morgan fingerprint density at radius 3 is 1.22 bits per heavy atom. The van der Waals surface area contributed by atoms with Crippen LogP contribution in [0, 0.1) is 0 Å². The molecule has 0 aliphatic carbocycles. The second kappa shape index (κ2) is 7.63. The summed E-state index contributed by atoms with van der Waals surface area (Å²) in [5.74, 6) is 0. The SMILES string of the molecule is OCC1O[C@H](O[C@@H]2O[C@H](CO)[C@H](O)C(O)C2O)[C@@H](O)C(O)[C@@H]1O. The van der Waals surface area contributed by atoms with Gasteiger partial charge in [-0.1, -0.05) is 0 Å². The Balaban J connectivity index is 2.07. The molecule has 0 amide bonds. The molecule has 0 aromatic rings. The van der Waals surface area contributed by atoms with Gasteiger partial charge in [-0.3, -0.25) is 0 Å². The van der Waals surface area contributed by atoms with E-state index in [0.717, 1.165) is 0 Å². The van der Waals surface area contributed by atoms with Crippen LogP contribution in [0.1, 0.15) is 0 Å². The van der Waals surface area contributed by atoms with Gasteiger partial charge in [-0.2, -0.15) is 0 Å². The van der Waals surface area contributed by atoms with Crippen LogP contribution in [-0.4, -0.2) is 115 Å². The van der Waals surface area contributed by atoms with Crippen LogP contribution < -0.4 is 0 Å². The van der Waals surface area contributed by atoms with Gasteiger partial charge in [0, 0.05) is 0 Å². The van der Waals surface area contributed by atoms with E-state index in [2.05, 4.69) is 0 Å². The van der Waals surface area contributed by atoms with Crippen molar-refractivity contribution in [2.75, 3.05) is 13.2 Å². The summed E-state index contributed by atoms with van der Waals surface area (Å²) in [4.78, 5) is 0. The summed E-state index contributed by atoms with van der Waals surface area (Å²) in [5, 5.41) is 76.4. The topological polar surface area (TPSA) is 190 Å². The molecular weight excluding hydrogens is 320 g/mol. The highest BCUT2D eigenvalue weighted by Crippen LogP contribution is 2.27. The van der Waals surface area contributed by atoms with Crippen molar-refractivity contribution in [1.82, 2.24) is 0 Å². The summed E-state index contributed by atoms with van der Waals surface area (Å²) < 4.78 is 15.3. The summed E-state index contributed by atoms with van der Waals surface area (Å²) in [6, 6.07) is 0. The molecule has 2 aliphatic rings. The average Bonchev–Trinajstić information content (AvgIpc) is 2.55. The molecule has 0 saturated carbocycles. The third-order valence-electron chi connectivity index (χ3n) is 3.97. The lowest BCUT2D eigenvalue weighted by atomic mass is 9.98. The third kappa shape index (κ3) is 3.65. The maximum Gasteiger partial charge on any atom is 0.189 e. The highest BCUT2D eigenvalue weighted by molar-refractivity contribution is 4.92. The maximum atomic E-state index is 9.84. The van der Waals surface area contributed by atoms with Gasteiger partial charge in [0.1, 0.15) is 48.8 Å². The second-order valence-corrected chi connectivity index (χ2v) is 5.53. The third-order valence-corrected chi connectivity index (χ3v) is 3.97. The van der Waals surface area contributed by atoms with Gasteiger partial charge >= 0.3 is 0 Å². The number of ether oxygens (including phenoxy) is 3. The van der Waals surface area contributed by atoms with Crippen LogP contribution in [0.15, 0.2) is 0 Å². The van der Waals surface area contributed by atoms with E-state index in [0.29, 0.717) is 0 Å². The average molecular weight is 342 g/mol. The van der Waals surface area contributed by atoms with Crippen LogP contribution in [0.2, 0.25) is 0 Å². The van der Waals surface area contributed by atoms with Crippen LogP contribution in [-0.2, 0) is 14.2 Å². The highest BCUT2D eigenvalue weighted by Gasteiger charge is 2.49. The van der Waals surface area contributed by atoms with Gasteiger partial charge in [0.05, 0.1) is 13.2 Å². The molecule has 2 rings (SSSR count). The Kier molecular flexibility index (Phi) is 6.27. The molecule has 0 radical (unpaired) electrons. The van der Waals surface area contributed by atoms with Gasteiger partial charge in [0.25, 0.3) is 0 Å². The molecule has 2 fully saturated rings. The molecule has 11 heteroatoms. The minimum absolute atomic E-state index is 0.667. The van der Waals surface area contributed by atoms with Crippen molar-refractivity contribution >= 4 is 0 Å². The first-order valence-corrected chi connectivity index (χ1v) is 7.08. The van der Waals surface area contributed by atoms with Crippen LogP contribution in [0.25, 0.3) is 0 Å². The number of aliphatic hydroxyl groups is 8. The monoisotopic (exact) mass is 342 g/mol. The largest absolute Gasteiger partial charge is 0.394 e. The molecule has 2 heterocycles. The van der Waals surface area contributed by atoms with Crippen LogP contribution in [0.5, 0.6) is 0 Å². The molecule has 23 heavy (non-hydrogen) atoms. The zero-order valence-electron chi connectivity index (χ0n) is 12.0. The molecule has 10 atom stereocenters. The van der Waals surface area contributed by atoms with Gasteiger partial charge in [0.15, 0.2) is 12.6 Å². The van der Waals surface area contributed by atoms with Crippen molar-refractivity contribution in [2.24, 2.45) is 0 Å². The van der Waals surface area contributed by atoms with E-state index >= 15 is 0 Å². The van der Waals surface area contributed by atoms with Gasteiger partial charge < -0.3 is 55.1 Å². The van der Waals surface area contributed by atoms with E-state index in [1.54, 1.807) is 0 Å². The lowest BCUT2D eigenvalue weighted by Crippen LogP contribution is -2.63. The summed E-state index contributed by atoms with van der Waals surface area (Å²) in [7, 11) is 0. The van der Waals surface area contributed by atoms with E-state index in [9.17, 15) is 30.6 Å². The number of hydrogen-bond donors (Lipinski definition) is 8. The predicted molar refractivity (Wildman–Crippen MR) is 68.6 cm³/mol. The zero-order chi connectivity index (χ0) is 17.3. The predicted octanol–water partition coefficient (Wildman–Crippen LogP) is -5.40. The van der Waals surface area contributed by atoms with Crippen molar-refractivity contribution in [3.8, 4) is 0 Å². The molecule has 11 nitrogen and oxygen atoms in total. The number of rotatable bonds is 4. The van der Waals surface area contributed by atoms with Gasteiger partial charge in [0.2, 0.25) is 0 Å². The summed E-state index contributed by atoms with van der Waals surface area (Å²) in [6.07, 6.45) is -15.6. The van der Waals surface area contributed by atoms with E-state index in [-0.39, 0.29) is 0 Å². The molecule has 4 unspecified atom stereocenters. The van der Waals surface area contributed by atoms with Crippen molar-refractivity contribution in [3.63, 3.8) is 0 Å². The summed E-state index contributed by atoms with van der Waals surface area (Å²) in [6.45, 7) is -1.33. The molecule has 8 N–H and O–H groups in total. The molecule has 0 bridgehead atoms. The lowest BCUT2D eigenvalue weighted by Gasteiger charge is -2.44. The Labute approximate surface area is 130 Å². The smallest absolute Gasteiger partial charge is 0.189 e. The fourth-order valence-electron chi connectivity index (χ4n) is 2.49. The molecule has 0 aromatic carbocycles. The first-order valence-electron chi connectivity index (χ1n) is 7.08. The highest BCUT2D eigenvalue weighted by atomic mass is 16.8. The minimum Gasteiger partial charge on any atom is -0.394 e. The first-order chi connectivity index (χ1) is 10.8. The first kappa shape index (κ1) is 18.9. The molecule has 0 aromatic heterocycles. The maximum absolute atomic E-state index is 9.84. The normalized spacial score (nSPS) is 51.7. The molecule has 2 saturated heterocycles. The van der Waals surface area contributed by atoms with Crippen molar-refractivity contribution in [3.05, 3.63) is 0 Å². The summed E-state index contributed by atoms with van der Waals surface area (Å²) >= 11 is 0. The fourth-order valence-corrected chi connectivity index (χ4v) is 2.49. The molecule has 0 spiro atoms. The standard InChI is InChI=1S/C12H22O11/c13-1-3-5(15)7(17)9(19)11(21-3)23-12-10(20)8(18)6(16)4(2-14)22-12/h3-20H,1-2H2/t3-,4?,5+,6-,7?,8?,9?,10+,11+,12-/m1/s1. The van der Waals surface area contributed by atoms with E-state index < -0.39 is 74.6 Å².